The minimum absolute atomic E-state index is 0.000876. The van der Waals surface area contributed by atoms with Crippen LogP contribution in [0.1, 0.15) is 57.1 Å². The standard InChI is InChI=1S/C18H29N5O3/c1-5-15(26-4)18(25)22-9-8-14(10-22)23(12(2)24)11-16-19-20-17(21(16)3)13-6-7-13/h13-15H,5-11H2,1-4H3. The van der Waals surface area contributed by atoms with E-state index in [-0.39, 0.29) is 17.9 Å². The van der Waals surface area contributed by atoms with Crippen molar-refractivity contribution < 1.29 is 14.3 Å². The molecule has 0 bridgehead atoms. The van der Waals surface area contributed by atoms with Gasteiger partial charge in [0.2, 0.25) is 5.91 Å². The number of methoxy groups -OCH3 is 1. The summed E-state index contributed by atoms with van der Waals surface area (Å²) < 4.78 is 7.28. The zero-order valence-corrected chi connectivity index (χ0v) is 16.1. The van der Waals surface area contributed by atoms with Gasteiger partial charge in [0.25, 0.3) is 5.91 Å². The Bertz CT molecular complexity index is 666. The lowest BCUT2D eigenvalue weighted by atomic mass is 10.2. The quantitative estimate of drug-likeness (QED) is 0.724. The molecule has 2 aliphatic rings. The second kappa shape index (κ2) is 7.73. The number of carbonyl (C=O) groups is 2. The van der Waals surface area contributed by atoms with Crippen LogP contribution in [0.25, 0.3) is 0 Å². The van der Waals surface area contributed by atoms with Gasteiger partial charge in [-0.2, -0.15) is 0 Å². The highest BCUT2D eigenvalue weighted by Gasteiger charge is 2.35. The van der Waals surface area contributed by atoms with Gasteiger partial charge in [-0.25, -0.2) is 0 Å². The van der Waals surface area contributed by atoms with Crippen molar-refractivity contribution in [1.82, 2.24) is 24.6 Å². The van der Waals surface area contributed by atoms with Crippen LogP contribution in [-0.4, -0.2) is 68.7 Å². The largest absolute Gasteiger partial charge is 0.372 e. The number of rotatable bonds is 7. The van der Waals surface area contributed by atoms with E-state index in [1.54, 1.807) is 14.0 Å². The molecule has 2 fully saturated rings. The molecule has 2 atom stereocenters. The first-order chi connectivity index (χ1) is 12.5. The molecule has 8 heteroatoms. The van der Waals surface area contributed by atoms with E-state index in [0.717, 1.165) is 18.1 Å². The van der Waals surface area contributed by atoms with Gasteiger partial charge in [0.15, 0.2) is 5.82 Å². The molecule has 1 aromatic heterocycles. The predicted molar refractivity (Wildman–Crippen MR) is 95.3 cm³/mol. The first-order valence-corrected chi connectivity index (χ1v) is 9.43. The van der Waals surface area contributed by atoms with Gasteiger partial charge in [-0.05, 0) is 25.7 Å². The van der Waals surface area contributed by atoms with Crippen LogP contribution >= 0.6 is 0 Å². The molecule has 1 aliphatic carbocycles. The van der Waals surface area contributed by atoms with E-state index in [1.165, 1.54) is 12.8 Å². The summed E-state index contributed by atoms with van der Waals surface area (Å²) in [6.07, 6.45) is 3.36. The highest BCUT2D eigenvalue weighted by molar-refractivity contribution is 5.81. The van der Waals surface area contributed by atoms with Gasteiger partial charge in [0.05, 0.1) is 12.6 Å². The summed E-state index contributed by atoms with van der Waals surface area (Å²) in [5, 5.41) is 8.60. The second-order valence-corrected chi connectivity index (χ2v) is 7.31. The average Bonchev–Trinajstić information content (AvgIpc) is 3.22. The minimum Gasteiger partial charge on any atom is -0.372 e. The summed E-state index contributed by atoms with van der Waals surface area (Å²) in [6.45, 7) is 5.14. The average molecular weight is 363 g/mol. The molecule has 0 N–H and O–H groups in total. The van der Waals surface area contributed by atoms with Crippen molar-refractivity contribution in [3.63, 3.8) is 0 Å². The van der Waals surface area contributed by atoms with Gasteiger partial charge in [-0.15, -0.1) is 10.2 Å². The Hall–Kier alpha value is -1.96. The molecule has 1 aliphatic heterocycles. The summed E-state index contributed by atoms with van der Waals surface area (Å²) >= 11 is 0. The van der Waals surface area contributed by atoms with E-state index in [0.29, 0.717) is 32.0 Å². The van der Waals surface area contributed by atoms with Gasteiger partial charge in [-0.3, -0.25) is 9.59 Å². The molecular weight excluding hydrogens is 334 g/mol. The molecule has 0 spiro atoms. The lowest BCUT2D eigenvalue weighted by molar-refractivity contribution is -0.142. The van der Waals surface area contributed by atoms with Crippen LogP contribution in [0.4, 0.5) is 0 Å². The summed E-state index contributed by atoms with van der Waals surface area (Å²) in [6, 6.07) is 0.00638. The lowest BCUT2D eigenvalue weighted by Crippen LogP contribution is -2.43. The molecule has 1 aromatic rings. The van der Waals surface area contributed by atoms with Gasteiger partial charge < -0.3 is 19.1 Å². The molecule has 144 valence electrons. The summed E-state index contributed by atoms with van der Waals surface area (Å²) in [7, 11) is 3.53. The van der Waals surface area contributed by atoms with Crippen LogP contribution in [0.5, 0.6) is 0 Å². The fraction of sp³-hybridized carbons (Fsp3) is 0.778. The maximum atomic E-state index is 12.5. The molecule has 26 heavy (non-hydrogen) atoms. The normalized spacial score (nSPS) is 21.1. The molecule has 2 heterocycles. The number of hydrogen-bond donors (Lipinski definition) is 0. The van der Waals surface area contributed by atoms with Crippen molar-refractivity contribution in [3.8, 4) is 0 Å². The van der Waals surface area contributed by atoms with Gasteiger partial charge in [0, 0.05) is 40.1 Å². The predicted octanol–water partition coefficient (Wildman–Crippen LogP) is 1.07. The Morgan fingerprint density at radius 1 is 1.31 bits per heavy atom. The van der Waals surface area contributed by atoms with E-state index < -0.39 is 6.10 Å². The van der Waals surface area contributed by atoms with Crippen LogP contribution in [0.3, 0.4) is 0 Å². The lowest BCUT2D eigenvalue weighted by Gasteiger charge is -2.28. The van der Waals surface area contributed by atoms with Gasteiger partial charge in [0.1, 0.15) is 11.9 Å². The molecule has 1 saturated heterocycles. The topological polar surface area (TPSA) is 80.6 Å². The number of ether oxygens (including phenoxy) is 1. The van der Waals surface area contributed by atoms with Crippen LogP contribution < -0.4 is 0 Å². The fourth-order valence-corrected chi connectivity index (χ4v) is 3.70. The zero-order chi connectivity index (χ0) is 18.8. The van der Waals surface area contributed by atoms with Crippen LogP contribution in [0, 0.1) is 0 Å². The fourth-order valence-electron chi connectivity index (χ4n) is 3.70. The summed E-state index contributed by atoms with van der Waals surface area (Å²) in [4.78, 5) is 28.4. The Labute approximate surface area is 154 Å². The number of aromatic nitrogens is 3. The Balaban J connectivity index is 1.67. The smallest absolute Gasteiger partial charge is 0.251 e. The highest BCUT2D eigenvalue weighted by Crippen LogP contribution is 2.38. The van der Waals surface area contributed by atoms with Crippen molar-refractivity contribution in [2.24, 2.45) is 7.05 Å². The highest BCUT2D eigenvalue weighted by atomic mass is 16.5. The van der Waals surface area contributed by atoms with Gasteiger partial charge in [-0.1, -0.05) is 6.92 Å². The van der Waals surface area contributed by atoms with E-state index >= 15 is 0 Å². The molecular formula is C18H29N5O3. The van der Waals surface area contributed by atoms with Crippen LogP contribution in [-0.2, 0) is 27.9 Å². The maximum Gasteiger partial charge on any atom is 0.251 e. The molecule has 0 radical (unpaired) electrons. The Morgan fingerprint density at radius 2 is 2.04 bits per heavy atom. The molecule has 8 nitrogen and oxygen atoms in total. The van der Waals surface area contributed by atoms with E-state index in [2.05, 4.69) is 10.2 Å². The Morgan fingerprint density at radius 3 is 2.62 bits per heavy atom. The van der Waals surface area contributed by atoms with Crippen LogP contribution in [0.15, 0.2) is 0 Å². The molecule has 0 aromatic carbocycles. The van der Waals surface area contributed by atoms with E-state index in [9.17, 15) is 9.59 Å². The maximum absolute atomic E-state index is 12.5. The van der Waals surface area contributed by atoms with Crippen molar-refractivity contribution in [3.05, 3.63) is 11.6 Å². The first kappa shape index (κ1) is 18.8. The van der Waals surface area contributed by atoms with Crippen molar-refractivity contribution in [2.75, 3.05) is 20.2 Å². The molecule has 1 saturated carbocycles. The number of carbonyl (C=O) groups excluding carboxylic acids is 2. The minimum atomic E-state index is -0.403. The van der Waals surface area contributed by atoms with Crippen molar-refractivity contribution >= 4 is 11.8 Å². The zero-order valence-electron chi connectivity index (χ0n) is 16.1. The number of likely N-dealkylation sites (tertiary alicyclic amines) is 1. The third-order valence-electron chi connectivity index (χ3n) is 5.50. The second-order valence-electron chi connectivity index (χ2n) is 7.31. The molecule has 2 unspecified atom stereocenters. The van der Waals surface area contributed by atoms with E-state index in [4.69, 9.17) is 4.74 Å². The SMILES string of the molecule is CCC(OC)C(=O)N1CCC(N(Cc2nnc(C3CC3)n2C)C(C)=O)C1. The third kappa shape index (κ3) is 3.75. The van der Waals surface area contributed by atoms with Gasteiger partial charge >= 0.3 is 0 Å². The third-order valence-corrected chi connectivity index (χ3v) is 5.50. The monoisotopic (exact) mass is 363 g/mol. The number of nitrogens with zero attached hydrogens (tertiary/aromatic N) is 5. The summed E-state index contributed by atoms with van der Waals surface area (Å²) in [5.74, 6) is 2.34. The van der Waals surface area contributed by atoms with Crippen molar-refractivity contribution in [1.29, 1.82) is 0 Å². The van der Waals surface area contributed by atoms with Crippen LogP contribution in [0.2, 0.25) is 0 Å². The van der Waals surface area contributed by atoms with E-state index in [1.807, 2.05) is 28.3 Å². The number of hydrogen-bond acceptors (Lipinski definition) is 5. The Kier molecular flexibility index (Phi) is 5.60. The number of amides is 2. The van der Waals surface area contributed by atoms with Crippen molar-refractivity contribution in [2.45, 2.75) is 64.1 Å². The molecule has 2 amide bonds. The summed E-state index contributed by atoms with van der Waals surface area (Å²) in [5.41, 5.74) is 0. The first-order valence-electron chi connectivity index (χ1n) is 9.43. The molecule has 3 rings (SSSR count).